The first-order valence-corrected chi connectivity index (χ1v) is 8.69. The number of aryl methyl sites for hydroxylation is 1. The van der Waals surface area contributed by atoms with E-state index in [1.54, 1.807) is 13.0 Å². The van der Waals surface area contributed by atoms with Crippen LogP contribution in [0.1, 0.15) is 22.0 Å². The molecule has 2 rings (SSSR count). The molecule has 0 radical (unpaired) electrons. The number of sulfonamides is 1. The van der Waals surface area contributed by atoms with Crippen LogP contribution in [0.2, 0.25) is 0 Å². The molecular weight excluding hydrogens is 324 g/mol. The zero-order chi connectivity index (χ0) is 17.4. The first kappa shape index (κ1) is 17.6. The molecule has 8 nitrogen and oxygen atoms in total. The summed E-state index contributed by atoms with van der Waals surface area (Å²) in [5.41, 5.74) is -0.566. The highest BCUT2D eigenvalue weighted by Crippen LogP contribution is 2.27. The Balaban J connectivity index is 2.40. The Bertz CT molecular complexity index is 768. The summed E-state index contributed by atoms with van der Waals surface area (Å²) in [4.78, 5) is 23.7. The van der Waals surface area contributed by atoms with Crippen LogP contribution in [0.25, 0.3) is 0 Å². The Morgan fingerprint density at radius 3 is 2.65 bits per heavy atom. The highest BCUT2D eigenvalue weighted by atomic mass is 32.2. The first-order valence-electron chi connectivity index (χ1n) is 7.08. The number of aromatic carboxylic acids is 1. The standard InChI is InChI=1S/C14H20N2O6S/c1-9-4-5-16(13(17)12(9)14(18)19)11-7-22-6-10(11)8-23(20,21)15(2)3/h4-5,10-11H,6-8H2,1-3H3,(H,18,19)/t10-,11+/m0/s1. The maximum atomic E-state index is 12.4. The van der Waals surface area contributed by atoms with E-state index in [9.17, 15) is 23.1 Å². The average Bonchev–Trinajstić information content (AvgIpc) is 2.85. The Hall–Kier alpha value is -1.71. The molecule has 1 saturated heterocycles. The predicted molar refractivity (Wildman–Crippen MR) is 83.2 cm³/mol. The molecule has 0 spiro atoms. The lowest BCUT2D eigenvalue weighted by molar-refractivity contribution is 0.0693. The fourth-order valence-corrected chi connectivity index (χ4v) is 3.79. The zero-order valence-corrected chi connectivity index (χ0v) is 14.0. The monoisotopic (exact) mass is 344 g/mol. The third-order valence-electron chi connectivity index (χ3n) is 4.04. The SMILES string of the molecule is Cc1ccn([C@@H]2COC[C@H]2CS(=O)(=O)N(C)C)c(=O)c1C(=O)O. The number of aromatic nitrogens is 1. The van der Waals surface area contributed by atoms with Gasteiger partial charge in [-0.2, -0.15) is 0 Å². The number of hydrogen-bond donors (Lipinski definition) is 1. The molecule has 128 valence electrons. The van der Waals surface area contributed by atoms with Crippen LogP contribution in [-0.2, 0) is 14.8 Å². The summed E-state index contributed by atoms with van der Waals surface area (Å²) in [6, 6.07) is 1.04. The lowest BCUT2D eigenvalue weighted by Gasteiger charge is -2.22. The van der Waals surface area contributed by atoms with E-state index in [0.29, 0.717) is 5.56 Å². The number of rotatable bonds is 5. The zero-order valence-electron chi connectivity index (χ0n) is 13.2. The molecule has 0 unspecified atom stereocenters. The summed E-state index contributed by atoms with van der Waals surface area (Å²) >= 11 is 0. The molecule has 23 heavy (non-hydrogen) atoms. The van der Waals surface area contributed by atoms with Gasteiger partial charge in [0.05, 0.1) is 25.0 Å². The largest absolute Gasteiger partial charge is 0.477 e. The van der Waals surface area contributed by atoms with Crippen molar-refractivity contribution in [3.05, 3.63) is 33.7 Å². The molecule has 1 N–H and O–H groups in total. The van der Waals surface area contributed by atoms with Crippen LogP contribution in [0.3, 0.4) is 0 Å². The minimum Gasteiger partial charge on any atom is -0.477 e. The smallest absolute Gasteiger partial charge is 0.341 e. The second kappa shape index (κ2) is 6.42. The molecule has 0 aromatic carbocycles. The Labute approximate surface area is 134 Å². The Morgan fingerprint density at radius 1 is 1.43 bits per heavy atom. The van der Waals surface area contributed by atoms with Gasteiger partial charge in [0, 0.05) is 26.2 Å². The molecule has 1 aromatic heterocycles. The number of ether oxygens (including phenoxy) is 1. The normalized spacial score (nSPS) is 21.7. The molecular formula is C14H20N2O6S. The molecule has 1 aromatic rings. The van der Waals surface area contributed by atoms with Crippen LogP contribution in [0.5, 0.6) is 0 Å². The second-order valence-electron chi connectivity index (χ2n) is 5.82. The van der Waals surface area contributed by atoms with E-state index in [2.05, 4.69) is 0 Å². The molecule has 0 saturated carbocycles. The van der Waals surface area contributed by atoms with Crippen LogP contribution in [-0.4, -0.2) is 61.4 Å². The van der Waals surface area contributed by atoms with Gasteiger partial charge >= 0.3 is 5.97 Å². The molecule has 9 heteroatoms. The van der Waals surface area contributed by atoms with E-state index in [4.69, 9.17) is 4.74 Å². The lowest BCUT2D eigenvalue weighted by Crippen LogP contribution is -2.37. The van der Waals surface area contributed by atoms with Crippen molar-refractivity contribution in [3.8, 4) is 0 Å². The van der Waals surface area contributed by atoms with E-state index in [1.165, 1.54) is 24.9 Å². The highest BCUT2D eigenvalue weighted by Gasteiger charge is 2.35. The van der Waals surface area contributed by atoms with Crippen molar-refractivity contribution in [1.82, 2.24) is 8.87 Å². The molecule has 1 aliphatic rings. The van der Waals surface area contributed by atoms with Gasteiger partial charge in [-0.05, 0) is 18.6 Å². The summed E-state index contributed by atoms with van der Waals surface area (Å²) in [5.74, 6) is -1.87. The minimum absolute atomic E-state index is 0.159. The summed E-state index contributed by atoms with van der Waals surface area (Å²) in [7, 11) is -0.558. The van der Waals surface area contributed by atoms with Crippen LogP contribution < -0.4 is 5.56 Å². The van der Waals surface area contributed by atoms with Crippen molar-refractivity contribution < 1.29 is 23.1 Å². The van der Waals surface area contributed by atoms with E-state index >= 15 is 0 Å². The summed E-state index contributed by atoms with van der Waals surface area (Å²) in [6.45, 7) is 1.93. The maximum absolute atomic E-state index is 12.4. The molecule has 1 fully saturated rings. The first-order chi connectivity index (χ1) is 10.6. The summed E-state index contributed by atoms with van der Waals surface area (Å²) < 4.78 is 31.9. The van der Waals surface area contributed by atoms with Crippen molar-refractivity contribution in [3.63, 3.8) is 0 Å². The van der Waals surface area contributed by atoms with E-state index < -0.39 is 33.5 Å². The predicted octanol–water partition coefficient (Wildman–Crippen LogP) is -0.0662. The number of carboxylic acids is 1. The number of carbonyl (C=O) groups is 1. The number of nitrogens with zero attached hydrogens (tertiary/aromatic N) is 2. The maximum Gasteiger partial charge on any atom is 0.341 e. The topological polar surface area (TPSA) is 106 Å². The number of hydrogen-bond acceptors (Lipinski definition) is 5. The third-order valence-corrected chi connectivity index (χ3v) is 6.01. The van der Waals surface area contributed by atoms with Gasteiger partial charge in [0.2, 0.25) is 10.0 Å². The molecule has 1 aliphatic heterocycles. The van der Waals surface area contributed by atoms with Gasteiger partial charge in [-0.25, -0.2) is 17.5 Å². The van der Waals surface area contributed by atoms with Crippen LogP contribution in [0.4, 0.5) is 0 Å². The van der Waals surface area contributed by atoms with Crippen LogP contribution in [0.15, 0.2) is 17.1 Å². The molecule has 2 atom stereocenters. The van der Waals surface area contributed by atoms with Gasteiger partial charge in [-0.1, -0.05) is 0 Å². The van der Waals surface area contributed by atoms with Gasteiger partial charge in [0.15, 0.2) is 0 Å². The van der Waals surface area contributed by atoms with E-state index in [0.717, 1.165) is 4.31 Å². The summed E-state index contributed by atoms with van der Waals surface area (Å²) in [6.07, 6.45) is 1.50. The number of pyridine rings is 1. The van der Waals surface area contributed by atoms with E-state index in [-0.39, 0.29) is 24.5 Å². The van der Waals surface area contributed by atoms with Crippen molar-refractivity contribution >= 4 is 16.0 Å². The molecule has 0 amide bonds. The average molecular weight is 344 g/mol. The van der Waals surface area contributed by atoms with Gasteiger partial charge in [0.25, 0.3) is 5.56 Å². The van der Waals surface area contributed by atoms with Crippen LogP contribution in [0, 0.1) is 12.8 Å². The second-order valence-corrected chi connectivity index (χ2v) is 8.04. The molecule has 0 bridgehead atoms. The Morgan fingerprint density at radius 2 is 2.09 bits per heavy atom. The van der Waals surface area contributed by atoms with Crippen molar-refractivity contribution in [2.45, 2.75) is 13.0 Å². The third kappa shape index (κ3) is 3.46. The fraction of sp³-hybridized carbons (Fsp3) is 0.571. The van der Waals surface area contributed by atoms with Gasteiger partial charge in [-0.15, -0.1) is 0 Å². The van der Waals surface area contributed by atoms with Gasteiger partial charge in [0.1, 0.15) is 5.56 Å². The Kier molecular flexibility index (Phi) is 4.92. The van der Waals surface area contributed by atoms with Crippen LogP contribution >= 0.6 is 0 Å². The van der Waals surface area contributed by atoms with Gasteiger partial charge in [-0.3, -0.25) is 4.79 Å². The van der Waals surface area contributed by atoms with Crippen molar-refractivity contribution in [2.24, 2.45) is 5.92 Å². The lowest BCUT2D eigenvalue weighted by atomic mass is 10.0. The highest BCUT2D eigenvalue weighted by molar-refractivity contribution is 7.89. The quantitative estimate of drug-likeness (QED) is 0.802. The fourth-order valence-electron chi connectivity index (χ4n) is 2.64. The molecule has 0 aliphatic carbocycles. The minimum atomic E-state index is -3.45. The summed E-state index contributed by atoms with van der Waals surface area (Å²) in [5, 5.41) is 9.19. The van der Waals surface area contributed by atoms with Crippen molar-refractivity contribution in [1.29, 1.82) is 0 Å². The molecule has 2 heterocycles. The van der Waals surface area contributed by atoms with E-state index in [1.807, 2.05) is 0 Å². The van der Waals surface area contributed by atoms with Gasteiger partial charge < -0.3 is 14.4 Å². The van der Waals surface area contributed by atoms with Crippen molar-refractivity contribution in [2.75, 3.05) is 33.1 Å². The number of carboxylic acid groups (broad SMARTS) is 1.